The molecule has 17 heavy (non-hydrogen) atoms. The van der Waals surface area contributed by atoms with Gasteiger partial charge in [-0.2, -0.15) is 0 Å². The van der Waals surface area contributed by atoms with E-state index in [2.05, 4.69) is 5.92 Å². The number of ether oxygens (including phenoxy) is 1. The molecule has 0 heterocycles. The van der Waals surface area contributed by atoms with Crippen molar-refractivity contribution in [3.63, 3.8) is 0 Å². The summed E-state index contributed by atoms with van der Waals surface area (Å²) < 4.78 is 4.90. The molecule has 0 atom stereocenters. The molecule has 0 saturated heterocycles. The molecule has 0 spiro atoms. The molecule has 0 unspecified atom stereocenters. The second-order valence-corrected chi connectivity index (χ2v) is 4.68. The highest BCUT2D eigenvalue weighted by Crippen LogP contribution is 2.12. The normalized spacial score (nSPS) is 10.4. The van der Waals surface area contributed by atoms with E-state index >= 15 is 0 Å². The predicted octanol–water partition coefficient (Wildman–Crippen LogP) is 5.11. The van der Waals surface area contributed by atoms with E-state index in [9.17, 15) is 0 Å². The number of terminal acetylenes is 1. The Morgan fingerprint density at radius 3 is 1.76 bits per heavy atom. The smallest absolute Gasteiger partial charge is 0.0832 e. The lowest BCUT2D eigenvalue weighted by Crippen LogP contribution is -1.84. The summed E-state index contributed by atoms with van der Waals surface area (Å²) in [6.07, 6.45) is 20.8. The molecule has 1 radical (unpaired) electrons. The van der Waals surface area contributed by atoms with Crippen molar-refractivity contribution >= 4 is 0 Å². The van der Waals surface area contributed by atoms with Crippen LogP contribution in [-0.4, -0.2) is 7.11 Å². The van der Waals surface area contributed by atoms with E-state index < -0.39 is 0 Å². The van der Waals surface area contributed by atoms with E-state index in [1.54, 1.807) is 7.11 Å². The maximum absolute atomic E-state index is 5.21. The van der Waals surface area contributed by atoms with Crippen LogP contribution in [0.3, 0.4) is 0 Å². The van der Waals surface area contributed by atoms with Crippen LogP contribution in [0.15, 0.2) is 0 Å². The number of methoxy groups -OCH3 is 1. The van der Waals surface area contributed by atoms with Crippen molar-refractivity contribution in [1.29, 1.82) is 0 Å². The first-order valence-electron chi connectivity index (χ1n) is 7.19. The molecular formula is C16H29O. The Kier molecular flexibility index (Phi) is 15.1. The lowest BCUT2D eigenvalue weighted by molar-refractivity contribution is 0.262. The van der Waals surface area contributed by atoms with E-state index in [0.29, 0.717) is 0 Å². The molecule has 99 valence electrons. The van der Waals surface area contributed by atoms with Gasteiger partial charge in [0.25, 0.3) is 0 Å². The van der Waals surface area contributed by atoms with Gasteiger partial charge in [-0.3, -0.25) is 0 Å². The zero-order valence-corrected chi connectivity index (χ0v) is 11.5. The van der Waals surface area contributed by atoms with Gasteiger partial charge in [-0.15, -0.1) is 12.3 Å². The Balaban J connectivity index is 2.87. The van der Waals surface area contributed by atoms with Crippen LogP contribution in [-0.2, 0) is 4.74 Å². The van der Waals surface area contributed by atoms with Gasteiger partial charge in [0.2, 0.25) is 0 Å². The van der Waals surface area contributed by atoms with Crippen LogP contribution in [0.5, 0.6) is 0 Å². The third-order valence-corrected chi connectivity index (χ3v) is 3.06. The summed E-state index contributed by atoms with van der Waals surface area (Å²) in [5.74, 6) is 2.70. The van der Waals surface area contributed by atoms with Gasteiger partial charge >= 0.3 is 0 Å². The first-order chi connectivity index (χ1) is 8.41. The second-order valence-electron chi connectivity index (χ2n) is 4.68. The molecule has 0 aromatic carbocycles. The summed E-state index contributed by atoms with van der Waals surface area (Å²) in [6.45, 7) is 1.90. The molecule has 0 amide bonds. The minimum atomic E-state index is 0.957. The largest absolute Gasteiger partial charge is 0.379 e. The quantitative estimate of drug-likeness (QED) is 0.319. The summed E-state index contributed by atoms with van der Waals surface area (Å²) in [6, 6.07) is 0. The van der Waals surface area contributed by atoms with E-state index in [1.165, 1.54) is 64.2 Å². The minimum Gasteiger partial charge on any atom is -0.379 e. The van der Waals surface area contributed by atoms with Crippen LogP contribution in [0.2, 0.25) is 0 Å². The van der Waals surface area contributed by atoms with Crippen molar-refractivity contribution in [3.05, 3.63) is 6.61 Å². The van der Waals surface area contributed by atoms with Gasteiger partial charge in [0.05, 0.1) is 6.61 Å². The average molecular weight is 237 g/mol. The SMILES string of the molecule is C#CCCCCCCCCCCCC[CH]OC. The first kappa shape index (κ1) is 16.5. The van der Waals surface area contributed by atoms with Gasteiger partial charge < -0.3 is 4.74 Å². The van der Waals surface area contributed by atoms with E-state index in [4.69, 9.17) is 11.2 Å². The highest BCUT2D eigenvalue weighted by molar-refractivity contribution is 4.82. The molecular weight excluding hydrogens is 208 g/mol. The van der Waals surface area contributed by atoms with E-state index in [1.807, 2.05) is 6.61 Å². The molecule has 0 N–H and O–H groups in total. The second kappa shape index (κ2) is 15.5. The maximum Gasteiger partial charge on any atom is 0.0832 e. The number of hydrogen-bond donors (Lipinski definition) is 0. The van der Waals surface area contributed by atoms with Crippen LogP contribution >= 0.6 is 0 Å². The molecule has 0 saturated carbocycles. The fourth-order valence-electron chi connectivity index (χ4n) is 1.99. The zero-order chi connectivity index (χ0) is 12.6. The van der Waals surface area contributed by atoms with Crippen molar-refractivity contribution in [2.75, 3.05) is 7.11 Å². The minimum absolute atomic E-state index is 0.957. The number of unbranched alkanes of at least 4 members (excludes halogenated alkanes) is 11. The fraction of sp³-hybridized carbons (Fsp3) is 0.812. The Morgan fingerprint density at radius 1 is 0.824 bits per heavy atom. The number of hydrogen-bond acceptors (Lipinski definition) is 1. The molecule has 0 bridgehead atoms. The summed E-state index contributed by atoms with van der Waals surface area (Å²) in [7, 11) is 1.73. The van der Waals surface area contributed by atoms with Crippen LogP contribution in [0.25, 0.3) is 0 Å². The van der Waals surface area contributed by atoms with Crippen LogP contribution in [0.1, 0.15) is 77.0 Å². The molecule has 0 aliphatic carbocycles. The topological polar surface area (TPSA) is 9.23 Å². The van der Waals surface area contributed by atoms with Crippen LogP contribution < -0.4 is 0 Å². The molecule has 0 rings (SSSR count). The van der Waals surface area contributed by atoms with Crippen molar-refractivity contribution in [1.82, 2.24) is 0 Å². The third-order valence-electron chi connectivity index (χ3n) is 3.06. The van der Waals surface area contributed by atoms with E-state index in [-0.39, 0.29) is 0 Å². The van der Waals surface area contributed by atoms with Crippen molar-refractivity contribution in [3.8, 4) is 12.3 Å². The molecule has 1 nitrogen and oxygen atoms in total. The van der Waals surface area contributed by atoms with Gasteiger partial charge in [-0.05, 0) is 12.8 Å². The average Bonchev–Trinajstić information content (AvgIpc) is 2.35. The lowest BCUT2D eigenvalue weighted by atomic mass is 10.1. The molecule has 0 aromatic heterocycles. The highest BCUT2D eigenvalue weighted by atomic mass is 16.5. The Morgan fingerprint density at radius 2 is 1.29 bits per heavy atom. The molecule has 0 aromatic rings. The highest BCUT2D eigenvalue weighted by Gasteiger charge is 1.93. The standard InChI is InChI=1S/C16H29O/c1-3-4-5-6-7-8-9-10-11-12-13-14-15-16-17-2/h1,16H,4-15H2,2H3. The third kappa shape index (κ3) is 15.5. The first-order valence-corrected chi connectivity index (χ1v) is 7.19. The maximum atomic E-state index is 5.21. The summed E-state index contributed by atoms with van der Waals surface area (Å²) >= 11 is 0. The zero-order valence-electron chi connectivity index (χ0n) is 11.5. The molecule has 0 fully saturated rings. The Labute approximate surface area is 108 Å². The Bertz CT molecular complexity index is 169. The summed E-state index contributed by atoms with van der Waals surface area (Å²) in [5.41, 5.74) is 0. The molecule has 0 aliphatic rings. The van der Waals surface area contributed by atoms with Gasteiger partial charge in [-0.1, -0.05) is 57.8 Å². The molecule has 0 aliphatic heterocycles. The van der Waals surface area contributed by atoms with Crippen molar-refractivity contribution < 1.29 is 4.74 Å². The summed E-state index contributed by atoms with van der Waals surface area (Å²) in [5, 5.41) is 0. The monoisotopic (exact) mass is 237 g/mol. The fourth-order valence-corrected chi connectivity index (χ4v) is 1.99. The van der Waals surface area contributed by atoms with Crippen molar-refractivity contribution in [2.45, 2.75) is 77.0 Å². The van der Waals surface area contributed by atoms with Crippen LogP contribution in [0, 0.1) is 19.0 Å². The van der Waals surface area contributed by atoms with Crippen molar-refractivity contribution in [2.24, 2.45) is 0 Å². The van der Waals surface area contributed by atoms with Gasteiger partial charge in [0, 0.05) is 13.5 Å². The van der Waals surface area contributed by atoms with Gasteiger partial charge in [0.1, 0.15) is 0 Å². The van der Waals surface area contributed by atoms with E-state index in [0.717, 1.165) is 12.8 Å². The van der Waals surface area contributed by atoms with Crippen LogP contribution in [0.4, 0.5) is 0 Å². The number of rotatable bonds is 13. The van der Waals surface area contributed by atoms with Gasteiger partial charge in [-0.25, -0.2) is 0 Å². The Hall–Kier alpha value is -0.480. The summed E-state index contributed by atoms with van der Waals surface area (Å²) in [4.78, 5) is 0. The lowest BCUT2D eigenvalue weighted by Gasteiger charge is -2.02. The predicted molar refractivity (Wildman–Crippen MR) is 75.5 cm³/mol. The van der Waals surface area contributed by atoms with Gasteiger partial charge in [0.15, 0.2) is 0 Å². The molecule has 1 heteroatoms.